The zero-order valence-electron chi connectivity index (χ0n) is 5.99. The summed E-state index contributed by atoms with van der Waals surface area (Å²) in [5, 5.41) is 0. The number of hydrogen-bond donors (Lipinski definition) is 0. The van der Waals surface area contributed by atoms with E-state index >= 15 is 0 Å². The van der Waals surface area contributed by atoms with Crippen molar-refractivity contribution in [2.75, 3.05) is 21.3 Å². The van der Waals surface area contributed by atoms with Crippen molar-refractivity contribution in [3.63, 3.8) is 0 Å². The number of hydrogen-bond acceptors (Lipinski definition) is 5. The Kier molecular flexibility index (Phi) is 4.41. The van der Waals surface area contributed by atoms with Gasteiger partial charge in [-0.1, -0.05) is 0 Å². The summed E-state index contributed by atoms with van der Waals surface area (Å²) in [6, 6.07) is 0. The largest absolute Gasteiger partial charge is 0.409 e. The lowest BCUT2D eigenvalue weighted by molar-refractivity contribution is 0.284. The Morgan fingerprint density at radius 1 is 1.20 bits per heavy atom. The van der Waals surface area contributed by atoms with Crippen molar-refractivity contribution >= 4 is 15.0 Å². The molecule has 0 fully saturated rings. The third-order valence-electron chi connectivity index (χ3n) is 0.879. The van der Waals surface area contributed by atoms with E-state index in [1.54, 1.807) is 0 Å². The topological polar surface area (TPSA) is 61.8 Å². The van der Waals surface area contributed by atoms with Gasteiger partial charge in [0.15, 0.2) is 0 Å². The highest BCUT2D eigenvalue weighted by molar-refractivity contribution is 8.21. The molecule has 0 bridgehead atoms. The van der Waals surface area contributed by atoms with Crippen LogP contribution in [0.25, 0.3) is 0 Å². The molecule has 0 aromatic heterocycles. The fourth-order valence-corrected chi connectivity index (χ4v) is 2.57. The highest BCUT2D eigenvalue weighted by Gasteiger charge is 2.29. The predicted octanol–water partition coefficient (Wildman–Crippen LogP) is 1.51. The molecule has 0 spiro atoms. The van der Waals surface area contributed by atoms with Crippen molar-refractivity contribution in [2.24, 2.45) is 0 Å². The molecule has 0 aromatic rings. The van der Waals surface area contributed by atoms with Crippen LogP contribution in [0.3, 0.4) is 0 Å². The molecule has 0 rings (SSSR count). The summed E-state index contributed by atoms with van der Waals surface area (Å²) >= 11 is 0. The van der Waals surface area contributed by atoms with Crippen LogP contribution in [0.1, 0.15) is 0 Å². The summed E-state index contributed by atoms with van der Waals surface area (Å²) in [7, 11) is -2.65. The van der Waals surface area contributed by atoms with Crippen LogP contribution in [0.15, 0.2) is 0 Å². The molecule has 5 nitrogen and oxygen atoms in total. The van der Waals surface area contributed by atoms with Crippen molar-refractivity contribution in [1.29, 1.82) is 0 Å². The Hall–Kier alpha value is 0.340. The van der Waals surface area contributed by atoms with Crippen LogP contribution < -0.4 is 0 Å². The van der Waals surface area contributed by atoms with Gasteiger partial charge in [-0.25, -0.2) is 4.57 Å². The first-order valence-corrected chi connectivity index (χ1v) is 6.11. The van der Waals surface area contributed by atoms with E-state index in [0.29, 0.717) is 0 Å². The van der Waals surface area contributed by atoms with Crippen LogP contribution in [0.4, 0.5) is 0 Å². The second kappa shape index (κ2) is 4.27. The monoisotopic (exact) mass is 188 g/mol. The maximum atomic E-state index is 11.0. The summed E-state index contributed by atoms with van der Waals surface area (Å²) in [5.74, 6) is 0. The molecule has 0 amide bonds. The second-order valence-electron chi connectivity index (χ2n) is 1.33. The van der Waals surface area contributed by atoms with Crippen LogP contribution >= 0.6 is 15.0 Å². The maximum Gasteiger partial charge on any atom is 0.409 e. The molecule has 0 saturated carbocycles. The molecule has 7 heteroatoms. The van der Waals surface area contributed by atoms with Gasteiger partial charge >= 0.3 is 15.0 Å². The maximum absolute atomic E-state index is 11.0. The van der Waals surface area contributed by atoms with E-state index < -0.39 is 15.0 Å². The first-order chi connectivity index (χ1) is 4.60. The summed E-state index contributed by atoms with van der Waals surface area (Å²) < 4.78 is 34.9. The average Bonchev–Trinajstić information content (AvgIpc) is 2.01. The van der Waals surface area contributed by atoms with Crippen LogP contribution in [0, 0.1) is 0 Å². The second-order valence-corrected chi connectivity index (χ2v) is 6.74. The highest BCUT2D eigenvalue weighted by atomic mass is 32.1. The minimum Gasteiger partial charge on any atom is -0.326 e. The van der Waals surface area contributed by atoms with E-state index in [-0.39, 0.29) is 0 Å². The first-order valence-electron chi connectivity index (χ1n) is 2.40. The molecule has 1 atom stereocenters. The molecule has 1 unspecified atom stereocenters. The van der Waals surface area contributed by atoms with E-state index in [1.165, 1.54) is 7.11 Å². The van der Waals surface area contributed by atoms with Crippen LogP contribution in [-0.4, -0.2) is 21.3 Å². The normalized spacial score (nSPS) is 15.1. The van der Waals surface area contributed by atoms with Gasteiger partial charge in [0.1, 0.15) is 0 Å². The molecule has 0 aliphatic rings. The molecule has 0 aliphatic carbocycles. The molecule has 62 valence electrons. The standard InChI is InChI=1S/C3H10O5P2/c1-6-9(4)10(5,7-2)8-3/h9H,1-3H3. The molecule has 0 radical (unpaired) electrons. The Morgan fingerprint density at radius 3 is 1.70 bits per heavy atom. The molecular weight excluding hydrogens is 178 g/mol. The van der Waals surface area contributed by atoms with Crippen molar-refractivity contribution in [2.45, 2.75) is 0 Å². The van der Waals surface area contributed by atoms with Gasteiger partial charge in [-0.05, 0) is 0 Å². The predicted molar refractivity (Wildman–Crippen MR) is 37.6 cm³/mol. The van der Waals surface area contributed by atoms with Gasteiger partial charge in [0.2, 0.25) is 0 Å². The van der Waals surface area contributed by atoms with Crippen LogP contribution in [0.2, 0.25) is 0 Å². The lowest BCUT2D eigenvalue weighted by Crippen LogP contribution is -1.83. The summed E-state index contributed by atoms with van der Waals surface area (Å²) in [5.41, 5.74) is 0. The van der Waals surface area contributed by atoms with E-state index in [1.807, 2.05) is 0 Å². The van der Waals surface area contributed by atoms with Crippen molar-refractivity contribution in [1.82, 2.24) is 0 Å². The zero-order valence-corrected chi connectivity index (χ0v) is 7.88. The number of rotatable bonds is 4. The van der Waals surface area contributed by atoms with E-state index in [0.717, 1.165) is 14.2 Å². The summed E-state index contributed by atoms with van der Waals surface area (Å²) in [6.07, 6.45) is 0. The Labute approximate surface area is 60.0 Å². The third-order valence-corrected chi connectivity index (χ3v) is 5.62. The highest BCUT2D eigenvalue weighted by Crippen LogP contribution is 2.69. The molecule has 0 aliphatic heterocycles. The van der Waals surface area contributed by atoms with Crippen LogP contribution in [-0.2, 0) is 22.7 Å². The van der Waals surface area contributed by atoms with Crippen molar-refractivity contribution in [3.8, 4) is 0 Å². The average molecular weight is 188 g/mol. The van der Waals surface area contributed by atoms with Crippen molar-refractivity contribution in [3.05, 3.63) is 0 Å². The molecule has 0 aromatic carbocycles. The lowest BCUT2D eigenvalue weighted by Gasteiger charge is -2.10. The van der Waals surface area contributed by atoms with E-state index in [9.17, 15) is 9.13 Å². The van der Waals surface area contributed by atoms with Gasteiger partial charge in [0.25, 0.3) is 0 Å². The van der Waals surface area contributed by atoms with Gasteiger partial charge in [0, 0.05) is 21.3 Å². The Bertz CT molecular complexity index is 158. The van der Waals surface area contributed by atoms with Gasteiger partial charge in [-0.2, -0.15) is 0 Å². The van der Waals surface area contributed by atoms with Gasteiger partial charge in [0.05, 0.1) is 0 Å². The lowest BCUT2D eigenvalue weighted by atomic mass is 11.8. The third kappa shape index (κ3) is 2.19. The molecule has 10 heavy (non-hydrogen) atoms. The van der Waals surface area contributed by atoms with Gasteiger partial charge in [-0.15, -0.1) is 0 Å². The molecule has 0 saturated heterocycles. The Balaban J connectivity index is 4.34. The Morgan fingerprint density at radius 2 is 1.60 bits per heavy atom. The quantitative estimate of drug-likeness (QED) is 0.625. The smallest absolute Gasteiger partial charge is 0.326 e. The summed E-state index contributed by atoms with van der Waals surface area (Å²) in [4.78, 5) is 0. The van der Waals surface area contributed by atoms with E-state index in [4.69, 9.17) is 0 Å². The van der Waals surface area contributed by atoms with Crippen LogP contribution in [0.5, 0.6) is 0 Å². The minimum atomic E-state index is -3.45. The first kappa shape index (κ1) is 10.3. The van der Waals surface area contributed by atoms with Gasteiger partial charge in [-0.3, -0.25) is 4.57 Å². The van der Waals surface area contributed by atoms with Gasteiger partial charge < -0.3 is 13.6 Å². The summed E-state index contributed by atoms with van der Waals surface area (Å²) in [6.45, 7) is 0. The van der Waals surface area contributed by atoms with Crippen molar-refractivity contribution < 1.29 is 22.7 Å². The SMILES string of the molecule is CO[PH](=O)P(=O)(OC)OC. The molecular formula is C3H10O5P2. The zero-order chi connectivity index (χ0) is 8.20. The minimum absolute atomic E-state index is 1.16. The fourth-order valence-electron chi connectivity index (χ4n) is 0.335. The fraction of sp³-hybridized carbons (Fsp3) is 1.00. The molecule has 0 N–H and O–H groups in total. The molecule has 0 heterocycles. The van der Waals surface area contributed by atoms with E-state index in [2.05, 4.69) is 13.6 Å².